The van der Waals surface area contributed by atoms with Gasteiger partial charge in [-0.2, -0.15) is 0 Å². The first kappa shape index (κ1) is 22.3. The molecule has 4 rings (SSSR count). The smallest absolute Gasteiger partial charge is 0.407 e. The number of aromatic nitrogens is 2. The molecule has 8 nitrogen and oxygen atoms in total. The minimum Gasteiger partial charge on any atom is -0.465 e. The molecule has 0 spiro atoms. The van der Waals surface area contributed by atoms with Gasteiger partial charge in [-0.25, -0.2) is 19.2 Å². The van der Waals surface area contributed by atoms with Crippen LogP contribution in [0.2, 0.25) is 5.02 Å². The summed E-state index contributed by atoms with van der Waals surface area (Å²) in [5, 5.41) is 10.2. The Kier molecular flexibility index (Phi) is 6.45. The third kappa shape index (κ3) is 4.62. The predicted octanol–water partition coefficient (Wildman–Crippen LogP) is 3.09. The third-order valence-electron chi connectivity index (χ3n) is 6.43. The highest BCUT2D eigenvalue weighted by Gasteiger charge is 2.42. The molecule has 10 heteroatoms. The first-order chi connectivity index (χ1) is 15.3. The van der Waals surface area contributed by atoms with Crippen LogP contribution in [0.1, 0.15) is 24.3 Å². The third-order valence-corrected chi connectivity index (χ3v) is 6.68. The summed E-state index contributed by atoms with van der Waals surface area (Å²) in [6.07, 6.45) is 2.54. The summed E-state index contributed by atoms with van der Waals surface area (Å²) in [7, 11) is 1.55. The van der Waals surface area contributed by atoms with Gasteiger partial charge in [0.1, 0.15) is 0 Å². The lowest BCUT2D eigenvalue weighted by molar-refractivity contribution is -0.135. The number of likely N-dealkylation sites (N-methyl/N-ethyl adjacent to an activating group) is 1. The van der Waals surface area contributed by atoms with Gasteiger partial charge >= 0.3 is 6.09 Å². The highest BCUT2D eigenvalue weighted by Crippen LogP contribution is 2.33. The van der Waals surface area contributed by atoms with Gasteiger partial charge in [0.15, 0.2) is 5.82 Å². The van der Waals surface area contributed by atoms with E-state index in [0.29, 0.717) is 50.0 Å². The molecule has 0 radical (unpaired) electrons. The number of carboxylic acid groups (broad SMARTS) is 1. The molecule has 2 aliphatic heterocycles. The molecule has 2 saturated heterocycles. The van der Waals surface area contributed by atoms with Crippen LogP contribution in [0.4, 0.5) is 15.1 Å². The predicted molar refractivity (Wildman–Crippen MR) is 117 cm³/mol. The normalized spacial score (nSPS) is 21.6. The Morgan fingerprint density at radius 1 is 1.12 bits per heavy atom. The number of amides is 2. The fourth-order valence-corrected chi connectivity index (χ4v) is 4.72. The molecule has 3 heterocycles. The average Bonchev–Trinajstić information content (AvgIpc) is 3.24. The summed E-state index contributed by atoms with van der Waals surface area (Å²) >= 11 is 6.01. The van der Waals surface area contributed by atoms with E-state index in [9.17, 15) is 19.1 Å². The first-order valence-corrected chi connectivity index (χ1v) is 10.9. The van der Waals surface area contributed by atoms with E-state index in [1.807, 2.05) is 17.0 Å². The van der Waals surface area contributed by atoms with Crippen molar-refractivity contribution in [3.8, 4) is 0 Å². The van der Waals surface area contributed by atoms with Crippen molar-refractivity contribution < 1.29 is 19.1 Å². The summed E-state index contributed by atoms with van der Waals surface area (Å²) in [4.78, 5) is 38.0. The minimum atomic E-state index is -1.02. The van der Waals surface area contributed by atoms with Crippen LogP contribution in [0.25, 0.3) is 0 Å². The number of halogens is 2. The largest absolute Gasteiger partial charge is 0.465 e. The van der Waals surface area contributed by atoms with E-state index in [1.165, 1.54) is 4.90 Å². The highest BCUT2D eigenvalue weighted by atomic mass is 35.5. The van der Waals surface area contributed by atoms with E-state index in [1.54, 1.807) is 24.1 Å². The molecule has 1 aromatic heterocycles. The van der Waals surface area contributed by atoms with Crippen LogP contribution >= 0.6 is 11.6 Å². The van der Waals surface area contributed by atoms with Crippen LogP contribution in [0.5, 0.6) is 0 Å². The molecule has 170 valence electrons. The summed E-state index contributed by atoms with van der Waals surface area (Å²) in [5.74, 6) is -0.241. The quantitative estimate of drug-likeness (QED) is 0.752. The molecule has 2 fully saturated rings. The molecule has 2 atom stereocenters. The fraction of sp³-hybridized carbons (Fsp3) is 0.455. The van der Waals surface area contributed by atoms with Crippen molar-refractivity contribution in [3.63, 3.8) is 0 Å². The standard InChI is InChI=1S/C22H25ClFN5O3/c1-27(22(31)32)19-13-29(12-18(19)14-2-4-16(23)5-3-14)20(30)15-6-8-28(9-7-15)21-25-10-17(24)11-26-21/h2-5,10-11,15,18-19H,6-9,12-13H2,1H3,(H,31,32)/t18-,19+/m0/s1. The fourth-order valence-electron chi connectivity index (χ4n) is 4.59. The molecule has 0 saturated carbocycles. The van der Waals surface area contributed by atoms with E-state index in [4.69, 9.17) is 11.6 Å². The zero-order valence-electron chi connectivity index (χ0n) is 17.7. The average molecular weight is 462 g/mol. The van der Waals surface area contributed by atoms with Crippen LogP contribution in [0, 0.1) is 11.7 Å². The van der Waals surface area contributed by atoms with E-state index in [0.717, 1.165) is 18.0 Å². The number of anilines is 1. The molecular formula is C22H25ClFN5O3. The number of nitrogens with zero attached hydrogens (tertiary/aromatic N) is 5. The van der Waals surface area contributed by atoms with Crippen molar-refractivity contribution in [2.75, 3.05) is 38.1 Å². The molecule has 0 aliphatic carbocycles. The van der Waals surface area contributed by atoms with Crippen molar-refractivity contribution in [3.05, 3.63) is 53.1 Å². The molecule has 2 aromatic rings. The maximum atomic E-state index is 13.3. The Bertz CT molecular complexity index is 967. The molecule has 2 amide bonds. The molecule has 2 aliphatic rings. The Hall–Kier alpha value is -2.94. The first-order valence-electron chi connectivity index (χ1n) is 10.6. The van der Waals surface area contributed by atoms with Gasteiger partial charge in [0.25, 0.3) is 0 Å². The highest BCUT2D eigenvalue weighted by molar-refractivity contribution is 6.30. The maximum absolute atomic E-state index is 13.3. The topological polar surface area (TPSA) is 89.9 Å². The zero-order valence-corrected chi connectivity index (χ0v) is 18.5. The second-order valence-electron chi connectivity index (χ2n) is 8.32. The number of benzene rings is 1. The summed E-state index contributed by atoms with van der Waals surface area (Å²) < 4.78 is 13.1. The van der Waals surface area contributed by atoms with Crippen molar-refractivity contribution in [2.24, 2.45) is 5.92 Å². The van der Waals surface area contributed by atoms with Gasteiger partial charge in [-0.1, -0.05) is 23.7 Å². The number of hydrogen-bond acceptors (Lipinski definition) is 5. The number of carbonyl (C=O) groups is 2. The molecule has 0 unspecified atom stereocenters. The van der Waals surface area contributed by atoms with Crippen molar-refractivity contribution >= 4 is 29.5 Å². The van der Waals surface area contributed by atoms with Crippen molar-refractivity contribution in [1.82, 2.24) is 19.8 Å². The second kappa shape index (κ2) is 9.28. The molecule has 1 aromatic carbocycles. The van der Waals surface area contributed by atoms with Gasteiger partial charge in [0, 0.05) is 50.1 Å². The Balaban J connectivity index is 1.43. The number of rotatable bonds is 4. The van der Waals surface area contributed by atoms with Crippen LogP contribution in [-0.4, -0.2) is 76.1 Å². The van der Waals surface area contributed by atoms with Gasteiger partial charge in [0.05, 0.1) is 18.4 Å². The van der Waals surface area contributed by atoms with E-state index < -0.39 is 11.9 Å². The molecular weight excluding hydrogens is 437 g/mol. The Labute approximate surface area is 190 Å². The molecule has 0 bridgehead atoms. The number of hydrogen-bond donors (Lipinski definition) is 1. The van der Waals surface area contributed by atoms with Crippen LogP contribution in [0.3, 0.4) is 0 Å². The number of likely N-dealkylation sites (tertiary alicyclic amines) is 1. The SMILES string of the molecule is CN(C(=O)O)[C@@H]1CN(C(=O)C2CCN(c3ncc(F)cn3)CC2)C[C@H]1c1ccc(Cl)cc1. The van der Waals surface area contributed by atoms with Crippen molar-refractivity contribution in [1.29, 1.82) is 0 Å². The molecule has 1 N–H and O–H groups in total. The lowest BCUT2D eigenvalue weighted by Crippen LogP contribution is -2.44. The van der Waals surface area contributed by atoms with Gasteiger partial charge in [-0.3, -0.25) is 4.79 Å². The van der Waals surface area contributed by atoms with Crippen molar-refractivity contribution in [2.45, 2.75) is 24.8 Å². The van der Waals surface area contributed by atoms with Gasteiger partial charge in [-0.05, 0) is 30.5 Å². The van der Waals surface area contributed by atoms with Gasteiger partial charge in [0.2, 0.25) is 11.9 Å². The maximum Gasteiger partial charge on any atom is 0.407 e. The van der Waals surface area contributed by atoms with E-state index >= 15 is 0 Å². The van der Waals surface area contributed by atoms with E-state index in [-0.39, 0.29) is 23.8 Å². The number of piperidine rings is 1. The second-order valence-corrected chi connectivity index (χ2v) is 8.76. The van der Waals surface area contributed by atoms with Crippen LogP contribution < -0.4 is 4.90 Å². The lowest BCUT2D eigenvalue weighted by Gasteiger charge is -2.33. The van der Waals surface area contributed by atoms with Gasteiger partial charge < -0.3 is 19.8 Å². The molecule has 32 heavy (non-hydrogen) atoms. The van der Waals surface area contributed by atoms with Crippen LogP contribution in [-0.2, 0) is 4.79 Å². The Morgan fingerprint density at radius 2 is 1.75 bits per heavy atom. The lowest BCUT2D eigenvalue weighted by atomic mass is 9.93. The number of carbonyl (C=O) groups excluding carboxylic acids is 1. The van der Waals surface area contributed by atoms with Gasteiger partial charge in [-0.15, -0.1) is 0 Å². The summed E-state index contributed by atoms with van der Waals surface area (Å²) in [6.45, 7) is 2.03. The monoisotopic (exact) mass is 461 g/mol. The summed E-state index contributed by atoms with van der Waals surface area (Å²) in [6, 6.07) is 7.03. The minimum absolute atomic E-state index is 0.0462. The van der Waals surface area contributed by atoms with Crippen LogP contribution in [0.15, 0.2) is 36.7 Å². The summed E-state index contributed by atoms with van der Waals surface area (Å²) in [5.41, 5.74) is 0.964. The Morgan fingerprint density at radius 3 is 2.34 bits per heavy atom. The van der Waals surface area contributed by atoms with E-state index in [2.05, 4.69) is 9.97 Å². The zero-order chi connectivity index (χ0) is 22.8.